The molecule has 1 aromatic carbocycles. The minimum Gasteiger partial charge on any atom is -0.398 e. The molecule has 1 heterocycles. The van der Waals surface area contributed by atoms with E-state index in [0.717, 1.165) is 5.56 Å². The summed E-state index contributed by atoms with van der Waals surface area (Å²) in [6.07, 6.45) is 1.29. The van der Waals surface area contributed by atoms with E-state index in [0.29, 0.717) is 24.1 Å². The van der Waals surface area contributed by atoms with Gasteiger partial charge in [-0.25, -0.2) is 8.42 Å². The summed E-state index contributed by atoms with van der Waals surface area (Å²) in [6.45, 7) is 1.89. The van der Waals surface area contributed by atoms with Gasteiger partial charge in [0.15, 0.2) is 9.84 Å². The van der Waals surface area contributed by atoms with Gasteiger partial charge in [0.2, 0.25) is 0 Å². The Bertz CT molecular complexity index is 596. The van der Waals surface area contributed by atoms with Crippen molar-refractivity contribution in [1.29, 1.82) is 0 Å². The Hall–Kier alpha value is -1.56. The highest BCUT2D eigenvalue weighted by molar-refractivity contribution is 7.91. The van der Waals surface area contributed by atoms with Crippen molar-refractivity contribution in [2.45, 2.75) is 25.8 Å². The molecule has 19 heavy (non-hydrogen) atoms. The lowest BCUT2D eigenvalue weighted by atomic mass is 10.1. The highest BCUT2D eigenvalue weighted by Gasteiger charge is 2.26. The van der Waals surface area contributed by atoms with Crippen LogP contribution in [0.25, 0.3) is 0 Å². The molecular weight excluding hydrogens is 264 g/mol. The summed E-state index contributed by atoms with van der Waals surface area (Å²) in [6, 6.07) is 4.89. The molecular formula is C13H18N2O3S. The largest absolute Gasteiger partial charge is 0.398 e. The number of anilines is 1. The second kappa shape index (κ2) is 5.21. The Kier molecular flexibility index (Phi) is 3.80. The molecule has 1 amide bonds. The molecule has 1 aromatic rings. The Morgan fingerprint density at radius 2 is 2.16 bits per heavy atom. The SMILES string of the molecule is Cc1ccc(C(=O)NC2CCCS(=O)(=O)C2)c(N)c1. The number of hydrogen-bond acceptors (Lipinski definition) is 4. The van der Waals surface area contributed by atoms with E-state index in [1.807, 2.05) is 13.0 Å². The highest BCUT2D eigenvalue weighted by Crippen LogP contribution is 2.16. The second-order valence-electron chi connectivity index (χ2n) is 5.02. The van der Waals surface area contributed by atoms with Gasteiger partial charge in [0.05, 0.1) is 17.1 Å². The molecule has 0 saturated carbocycles. The van der Waals surface area contributed by atoms with Crippen LogP contribution in [0.15, 0.2) is 18.2 Å². The zero-order valence-corrected chi connectivity index (χ0v) is 11.7. The lowest BCUT2D eigenvalue weighted by molar-refractivity contribution is 0.0939. The van der Waals surface area contributed by atoms with Crippen molar-refractivity contribution in [2.24, 2.45) is 0 Å². The van der Waals surface area contributed by atoms with Gasteiger partial charge in [-0.15, -0.1) is 0 Å². The highest BCUT2D eigenvalue weighted by atomic mass is 32.2. The lowest BCUT2D eigenvalue weighted by Gasteiger charge is -2.23. The summed E-state index contributed by atoms with van der Waals surface area (Å²) in [5, 5.41) is 2.75. The molecule has 0 radical (unpaired) electrons. The normalized spacial score (nSPS) is 21.8. The maximum absolute atomic E-state index is 12.1. The summed E-state index contributed by atoms with van der Waals surface area (Å²) >= 11 is 0. The molecule has 1 aliphatic rings. The predicted molar refractivity (Wildman–Crippen MR) is 74.7 cm³/mol. The van der Waals surface area contributed by atoms with Crippen LogP contribution < -0.4 is 11.1 Å². The van der Waals surface area contributed by atoms with E-state index in [-0.39, 0.29) is 23.5 Å². The average Bonchev–Trinajstić information content (AvgIpc) is 2.27. The number of carbonyl (C=O) groups is 1. The van der Waals surface area contributed by atoms with Crippen molar-refractivity contribution in [2.75, 3.05) is 17.2 Å². The van der Waals surface area contributed by atoms with Gasteiger partial charge in [-0.05, 0) is 37.5 Å². The Morgan fingerprint density at radius 1 is 1.42 bits per heavy atom. The first-order chi connectivity index (χ1) is 8.87. The van der Waals surface area contributed by atoms with Crippen LogP contribution in [0, 0.1) is 6.92 Å². The van der Waals surface area contributed by atoms with Crippen molar-refractivity contribution in [3.8, 4) is 0 Å². The molecule has 1 fully saturated rings. The van der Waals surface area contributed by atoms with Gasteiger partial charge < -0.3 is 11.1 Å². The van der Waals surface area contributed by atoms with Crippen LogP contribution in [0.1, 0.15) is 28.8 Å². The second-order valence-corrected chi connectivity index (χ2v) is 7.25. The first-order valence-corrected chi connectivity index (χ1v) is 8.07. The summed E-state index contributed by atoms with van der Waals surface area (Å²) in [7, 11) is -3.02. The fourth-order valence-electron chi connectivity index (χ4n) is 2.29. The van der Waals surface area contributed by atoms with Gasteiger partial charge in [-0.2, -0.15) is 0 Å². The molecule has 3 N–H and O–H groups in total. The van der Waals surface area contributed by atoms with Crippen molar-refractivity contribution >= 4 is 21.4 Å². The average molecular weight is 282 g/mol. The molecule has 104 valence electrons. The van der Waals surface area contributed by atoms with E-state index in [1.54, 1.807) is 12.1 Å². The monoisotopic (exact) mass is 282 g/mol. The zero-order valence-electron chi connectivity index (χ0n) is 10.8. The van der Waals surface area contributed by atoms with Crippen LogP contribution in [-0.2, 0) is 9.84 Å². The van der Waals surface area contributed by atoms with Gasteiger partial charge in [0.1, 0.15) is 0 Å². The molecule has 1 unspecified atom stereocenters. The van der Waals surface area contributed by atoms with Crippen molar-refractivity contribution in [3.05, 3.63) is 29.3 Å². The van der Waals surface area contributed by atoms with E-state index >= 15 is 0 Å². The van der Waals surface area contributed by atoms with E-state index in [1.165, 1.54) is 0 Å². The topological polar surface area (TPSA) is 89.3 Å². The number of hydrogen-bond donors (Lipinski definition) is 2. The smallest absolute Gasteiger partial charge is 0.253 e. The number of aryl methyl sites for hydroxylation is 1. The Balaban J connectivity index is 2.09. The minimum atomic E-state index is -3.02. The summed E-state index contributed by atoms with van der Waals surface area (Å²) < 4.78 is 23.0. The molecule has 2 rings (SSSR count). The van der Waals surface area contributed by atoms with E-state index in [9.17, 15) is 13.2 Å². The van der Waals surface area contributed by atoms with Crippen LogP contribution in [0.5, 0.6) is 0 Å². The van der Waals surface area contributed by atoms with Gasteiger partial charge in [-0.3, -0.25) is 4.79 Å². The number of amides is 1. The molecule has 6 heteroatoms. The van der Waals surface area contributed by atoms with Gasteiger partial charge in [-0.1, -0.05) is 6.07 Å². The summed E-state index contributed by atoms with van der Waals surface area (Å²) in [5.74, 6) is -0.0732. The molecule has 0 aliphatic carbocycles. The van der Waals surface area contributed by atoms with E-state index in [4.69, 9.17) is 5.73 Å². The maximum Gasteiger partial charge on any atom is 0.253 e. The predicted octanol–water partition coefficient (Wildman–Crippen LogP) is 0.884. The fourth-order valence-corrected chi connectivity index (χ4v) is 3.92. The van der Waals surface area contributed by atoms with E-state index < -0.39 is 9.84 Å². The number of benzene rings is 1. The molecule has 0 aromatic heterocycles. The van der Waals surface area contributed by atoms with Crippen LogP contribution in [0.4, 0.5) is 5.69 Å². The molecule has 0 bridgehead atoms. The van der Waals surface area contributed by atoms with Crippen molar-refractivity contribution < 1.29 is 13.2 Å². The van der Waals surface area contributed by atoms with Crippen molar-refractivity contribution in [1.82, 2.24) is 5.32 Å². The number of rotatable bonds is 2. The minimum absolute atomic E-state index is 0.0184. The zero-order chi connectivity index (χ0) is 14.0. The van der Waals surface area contributed by atoms with Crippen LogP contribution in [0.2, 0.25) is 0 Å². The van der Waals surface area contributed by atoms with Gasteiger partial charge >= 0.3 is 0 Å². The Labute approximate surface area is 113 Å². The van der Waals surface area contributed by atoms with Gasteiger partial charge in [0.25, 0.3) is 5.91 Å². The molecule has 5 nitrogen and oxygen atoms in total. The van der Waals surface area contributed by atoms with Crippen LogP contribution >= 0.6 is 0 Å². The van der Waals surface area contributed by atoms with Gasteiger partial charge in [0, 0.05) is 11.7 Å². The Morgan fingerprint density at radius 3 is 2.79 bits per heavy atom. The van der Waals surface area contributed by atoms with E-state index in [2.05, 4.69) is 5.32 Å². The third-order valence-electron chi connectivity index (χ3n) is 3.25. The number of sulfone groups is 1. The number of nitrogens with two attached hydrogens (primary N) is 1. The number of nitrogens with one attached hydrogen (secondary N) is 1. The van der Waals surface area contributed by atoms with Crippen LogP contribution in [0.3, 0.4) is 0 Å². The maximum atomic E-state index is 12.1. The molecule has 1 atom stereocenters. The number of nitrogen functional groups attached to an aromatic ring is 1. The number of carbonyl (C=O) groups excluding carboxylic acids is 1. The fraction of sp³-hybridized carbons (Fsp3) is 0.462. The van der Waals surface area contributed by atoms with Crippen LogP contribution in [-0.4, -0.2) is 31.9 Å². The first kappa shape index (κ1) is 13.9. The van der Waals surface area contributed by atoms with Crippen molar-refractivity contribution in [3.63, 3.8) is 0 Å². The summed E-state index contributed by atoms with van der Waals surface area (Å²) in [4.78, 5) is 12.1. The standard InChI is InChI=1S/C13H18N2O3S/c1-9-4-5-11(12(14)7-9)13(16)15-10-3-2-6-19(17,18)8-10/h4-5,7,10H,2-3,6,8,14H2,1H3,(H,15,16). The third kappa shape index (κ3) is 3.47. The molecule has 1 aliphatic heterocycles. The molecule has 1 saturated heterocycles. The molecule has 0 spiro atoms. The lowest BCUT2D eigenvalue weighted by Crippen LogP contribution is -2.43. The first-order valence-electron chi connectivity index (χ1n) is 6.25. The quantitative estimate of drug-likeness (QED) is 0.788. The third-order valence-corrected chi connectivity index (χ3v) is 5.07. The summed E-state index contributed by atoms with van der Waals surface area (Å²) in [5.41, 5.74) is 7.59.